The number of aryl methyl sites for hydroxylation is 1. The van der Waals surface area contributed by atoms with Crippen molar-refractivity contribution in [3.8, 4) is 0 Å². The lowest BCUT2D eigenvalue weighted by Gasteiger charge is -2.06. The molecule has 0 radical (unpaired) electrons. The highest BCUT2D eigenvalue weighted by molar-refractivity contribution is 5.89. The Hall–Kier alpha value is -2.63. The molecule has 1 aromatic heterocycles. The summed E-state index contributed by atoms with van der Waals surface area (Å²) in [6, 6.07) is 9.93. The van der Waals surface area contributed by atoms with Gasteiger partial charge in [-0.05, 0) is 29.9 Å². The van der Waals surface area contributed by atoms with Crippen LogP contribution in [0, 0.1) is 5.92 Å². The van der Waals surface area contributed by atoms with Crippen molar-refractivity contribution in [2.24, 2.45) is 5.92 Å². The van der Waals surface area contributed by atoms with E-state index >= 15 is 0 Å². The SMILES string of the molecule is CC(C)Cc1ccc(CCC(=O)Nc2ccn(CC(=O)O)n2)cc1. The monoisotopic (exact) mass is 329 g/mol. The van der Waals surface area contributed by atoms with Crippen molar-refractivity contribution in [2.75, 3.05) is 5.32 Å². The Morgan fingerprint density at radius 1 is 1.17 bits per heavy atom. The van der Waals surface area contributed by atoms with Gasteiger partial charge in [0.15, 0.2) is 5.82 Å². The van der Waals surface area contributed by atoms with E-state index in [-0.39, 0.29) is 12.5 Å². The summed E-state index contributed by atoms with van der Waals surface area (Å²) in [5.41, 5.74) is 2.43. The number of amides is 1. The first-order valence-electron chi connectivity index (χ1n) is 8.05. The van der Waals surface area contributed by atoms with Gasteiger partial charge in [-0.2, -0.15) is 5.10 Å². The Morgan fingerprint density at radius 3 is 2.46 bits per heavy atom. The highest BCUT2D eigenvalue weighted by atomic mass is 16.4. The Balaban J connectivity index is 1.80. The fraction of sp³-hybridized carbons (Fsp3) is 0.389. The summed E-state index contributed by atoms with van der Waals surface area (Å²) in [4.78, 5) is 22.5. The summed E-state index contributed by atoms with van der Waals surface area (Å²) in [6.07, 6.45) is 3.59. The van der Waals surface area contributed by atoms with Crippen molar-refractivity contribution in [1.82, 2.24) is 9.78 Å². The molecule has 0 saturated heterocycles. The number of rotatable bonds is 8. The average Bonchev–Trinajstić information content (AvgIpc) is 2.92. The van der Waals surface area contributed by atoms with E-state index in [1.807, 2.05) is 0 Å². The lowest BCUT2D eigenvalue weighted by atomic mass is 10.0. The molecule has 1 amide bonds. The Bertz CT molecular complexity index is 690. The second-order valence-corrected chi connectivity index (χ2v) is 6.25. The lowest BCUT2D eigenvalue weighted by molar-refractivity contribution is -0.137. The normalized spacial score (nSPS) is 10.8. The van der Waals surface area contributed by atoms with Crippen LogP contribution in [0.25, 0.3) is 0 Å². The number of nitrogens with one attached hydrogen (secondary N) is 1. The minimum Gasteiger partial charge on any atom is -0.480 e. The van der Waals surface area contributed by atoms with Crippen LogP contribution in [0.5, 0.6) is 0 Å². The molecular formula is C18H23N3O3. The van der Waals surface area contributed by atoms with Gasteiger partial charge >= 0.3 is 5.97 Å². The standard InChI is InChI=1S/C18H23N3O3/c1-13(2)11-15-5-3-14(4-6-15)7-8-17(22)19-16-9-10-21(20-16)12-18(23)24/h3-6,9-10,13H,7-8,11-12H2,1-2H3,(H,23,24)(H,19,20,22). The van der Waals surface area contributed by atoms with Crippen LogP contribution in [0.1, 0.15) is 31.4 Å². The lowest BCUT2D eigenvalue weighted by Crippen LogP contribution is -2.14. The van der Waals surface area contributed by atoms with Gasteiger partial charge in [-0.25, -0.2) is 0 Å². The predicted octanol–water partition coefficient (Wildman–Crippen LogP) is 2.74. The number of carboxylic acids is 1. The first-order valence-corrected chi connectivity index (χ1v) is 8.05. The molecule has 1 heterocycles. The van der Waals surface area contributed by atoms with Crippen LogP contribution < -0.4 is 5.32 Å². The van der Waals surface area contributed by atoms with Crippen molar-refractivity contribution >= 4 is 17.7 Å². The molecule has 0 aliphatic heterocycles. The van der Waals surface area contributed by atoms with E-state index in [0.29, 0.717) is 24.6 Å². The van der Waals surface area contributed by atoms with Gasteiger partial charge in [-0.3, -0.25) is 14.3 Å². The second-order valence-electron chi connectivity index (χ2n) is 6.25. The largest absolute Gasteiger partial charge is 0.480 e. The minimum absolute atomic E-state index is 0.137. The number of anilines is 1. The highest BCUT2D eigenvalue weighted by Gasteiger charge is 2.07. The highest BCUT2D eigenvalue weighted by Crippen LogP contribution is 2.11. The topological polar surface area (TPSA) is 84.2 Å². The zero-order chi connectivity index (χ0) is 17.5. The summed E-state index contributed by atoms with van der Waals surface area (Å²) in [7, 11) is 0. The van der Waals surface area contributed by atoms with E-state index < -0.39 is 5.97 Å². The number of hydrogen-bond donors (Lipinski definition) is 2. The third-order valence-corrected chi connectivity index (χ3v) is 3.51. The number of nitrogens with zero attached hydrogens (tertiary/aromatic N) is 2. The number of aromatic nitrogens is 2. The van der Waals surface area contributed by atoms with Gasteiger partial charge in [0.2, 0.25) is 5.91 Å². The molecule has 0 spiro atoms. The van der Waals surface area contributed by atoms with E-state index in [4.69, 9.17) is 5.11 Å². The van der Waals surface area contributed by atoms with E-state index in [0.717, 1.165) is 12.0 Å². The second kappa shape index (κ2) is 8.29. The summed E-state index contributed by atoms with van der Waals surface area (Å²) < 4.78 is 1.27. The van der Waals surface area contributed by atoms with Crippen LogP contribution in [0.4, 0.5) is 5.82 Å². The molecule has 0 atom stereocenters. The van der Waals surface area contributed by atoms with Crippen molar-refractivity contribution in [3.05, 3.63) is 47.7 Å². The average molecular weight is 329 g/mol. The molecule has 128 valence electrons. The Morgan fingerprint density at radius 2 is 1.83 bits per heavy atom. The van der Waals surface area contributed by atoms with Crippen molar-refractivity contribution in [1.29, 1.82) is 0 Å². The van der Waals surface area contributed by atoms with Crippen molar-refractivity contribution < 1.29 is 14.7 Å². The van der Waals surface area contributed by atoms with E-state index in [9.17, 15) is 9.59 Å². The van der Waals surface area contributed by atoms with Gasteiger partial charge in [0.25, 0.3) is 0 Å². The molecule has 24 heavy (non-hydrogen) atoms. The number of carboxylic acid groups (broad SMARTS) is 1. The van der Waals surface area contributed by atoms with Crippen LogP contribution in [0.3, 0.4) is 0 Å². The van der Waals surface area contributed by atoms with Crippen molar-refractivity contribution in [2.45, 2.75) is 39.7 Å². The van der Waals surface area contributed by atoms with Crippen LogP contribution >= 0.6 is 0 Å². The zero-order valence-electron chi connectivity index (χ0n) is 14.0. The first-order chi connectivity index (χ1) is 11.4. The minimum atomic E-state index is -0.975. The fourth-order valence-electron chi connectivity index (χ4n) is 2.43. The molecule has 0 unspecified atom stereocenters. The maximum atomic E-state index is 12.0. The number of benzene rings is 1. The molecule has 2 rings (SSSR count). The van der Waals surface area contributed by atoms with Gasteiger partial charge < -0.3 is 10.4 Å². The van der Waals surface area contributed by atoms with E-state index in [1.165, 1.54) is 16.4 Å². The Labute approximate surface area is 141 Å². The van der Waals surface area contributed by atoms with Gasteiger partial charge in [0, 0.05) is 18.7 Å². The molecular weight excluding hydrogens is 306 g/mol. The van der Waals surface area contributed by atoms with E-state index in [2.05, 4.69) is 48.5 Å². The third-order valence-electron chi connectivity index (χ3n) is 3.51. The fourth-order valence-corrected chi connectivity index (χ4v) is 2.43. The molecule has 0 bridgehead atoms. The van der Waals surface area contributed by atoms with Crippen LogP contribution in [0.15, 0.2) is 36.5 Å². The van der Waals surface area contributed by atoms with E-state index in [1.54, 1.807) is 6.07 Å². The molecule has 0 saturated carbocycles. The van der Waals surface area contributed by atoms with Crippen molar-refractivity contribution in [3.63, 3.8) is 0 Å². The molecule has 2 aromatic rings. The van der Waals surface area contributed by atoms with Gasteiger partial charge in [0.1, 0.15) is 6.54 Å². The molecule has 2 N–H and O–H groups in total. The van der Waals surface area contributed by atoms with Crippen LogP contribution in [-0.4, -0.2) is 26.8 Å². The maximum Gasteiger partial charge on any atom is 0.325 e. The third kappa shape index (κ3) is 5.87. The summed E-state index contributed by atoms with van der Waals surface area (Å²) in [6.45, 7) is 4.16. The molecule has 0 aliphatic carbocycles. The number of hydrogen-bond acceptors (Lipinski definition) is 3. The van der Waals surface area contributed by atoms with Crippen LogP contribution in [0.2, 0.25) is 0 Å². The zero-order valence-corrected chi connectivity index (χ0v) is 14.0. The quantitative estimate of drug-likeness (QED) is 0.780. The van der Waals surface area contributed by atoms with Crippen LogP contribution in [-0.2, 0) is 29.0 Å². The summed E-state index contributed by atoms with van der Waals surface area (Å²) in [5.74, 6) is -0.116. The smallest absolute Gasteiger partial charge is 0.325 e. The van der Waals surface area contributed by atoms with Gasteiger partial charge in [-0.15, -0.1) is 0 Å². The molecule has 0 aliphatic rings. The van der Waals surface area contributed by atoms with Gasteiger partial charge in [-0.1, -0.05) is 38.1 Å². The Kier molecular flexibility index (Phi) is 6.12. The number of aliphatic carboxylic acids is 1. The molecule has 6 heteroatoms. The summed E-state index contributed by atoms with van der Waals surface area (Å²) in [5, 5.41) is 15.4. The molecule has 6 nitrogen and oxygen atoms in total. The predicted molar refractivity (Wildman–Crippen MR) is 91.8 cm³/mol. The number of carbonyl (C=O) groups excluding carboxylic acids is 1. The maximum absolute atomic E-state index is 12.0. The molecule has 0 fully saturated rings. The van der Waals surface area contributed by atoms with Gasteiger partial charge in [0.05, 0.1) is 0 Å². The molecule has 1 aromatic carbocycles. The first kappa shape index (κ1) is 17.7. The summed E-state index contributed by atoms with van der Waals surface area (Å²) >= 11 is 0. The number of carbonyl (C=O) groups is 2.